The van der Waals surface area contributed by atoms with Gasteiger partial charge >= 0.3 is 5.97 Å². The summed E-state index contributed by atoms with van der Waals surface area (Å²) >= 11 is 0. The molecule has 1 aromatic heterocycles. The first-order chi connectivity index (χ1) is 7.72. The maximum absolute atomic E-state index is 10.9. The Labute approximate surface area is 93.3 Å². The lowest BCUT2D eigenvalue weighted by Gasteiger charge is -2.09. The largest absolute Gasteiger partial charge is 0.480 e. The van der Waals surface area contributed by atoms with Crippen LogP contribution >= 0.6 is 0 Å². The molecule has 0 amide bonds. The third kappa shape index (κ3) is 1.92. The van der Waals surface area contributed by atoms with Crippen LogP contribution in [0.1, 0.15) is 5.56 Å². The summed E-state index contributed by atoms with van der Waals surface area (Å²) in [5, 5.41) is 12.5. The van der Waals surface area contributed by atoms with Crippen molar-refractivity contribution in [2.45, 2.75) is 12.5 Å². The van der Waals surface area contributed by atoms with E-state index in [0.717, 1.165) is 16.5 Å². The number of aromatic nitrogens is 1. The summed E-state index contributed by atoms with van der Waals surface area (Å²) in [5.74, 6) is -0.889. The number of H-pyrrole nitrogens is 1. The number of carboxylic acid groups (broad SMARTS) is 1. The van der Waals surface area contributed by atoms with Crippen molar-refractivity contribution in [1.82, 2.24) is 10.3 Å². The number of hydrogen-bond acceptors (Lipinski definition) is 2. The number of carbonyl (C=O) groups is 1. The number of rotatable bonds is 4. The number of fused-ring (bicyclic) bond motifs is 1. The van der Waals surface area contributed by atoms with Crippen LogP contribution in [-0.4, -0.2) is 22.1 Å². The minimum absolute atomic E-state index is 0.419. The molecule has 2 aromatic rings. The van der Waals surface area contributed by atoms with Crippen LogP contribution in [0.25, 0.3) is 10.9 Å². The predicted molar refractivity (Wildman–Crippen MR) is 61.9 cm³/mol. The molecule has 3 N–H and O–H groups in total. The summed E-state index contributed by atoms with van der Waals surface area (Å²) in [6, 6.07) is 7.17. The van der Waals surface area contributed by atoms with E-state index in [1.165, 1.54) is 0 Å². The van der Waals surface area contributed by atoms with Gasteiger partial charge in [0.15, 0.2) is 0 Å². The smallest absolute Gasteiger partial charge is 0.321 e. The number of para-hydroxylation sites is 1. The summed E-state index contributed by atoms with van der Waals surface area (Å²) in [6.45, 7) is 0. The number of hydrogen-bond donors (Lipinski definition) is 3. The first-order valence-electron chi connectivity index (χ1n) is 5.03. The normalized spacial score (nSPS) is 12.8. The zero-order valence-electron chi connectivity index (χ0n) is 8.73. The Kier molecular flexibility index (Phi) is 2.92. The molecule has 1 heterocycles. The average Bonchev–Trinajstić information content (AvgIpc) is 2.69. The van der Waals surface area contributed by atoms with Gasteiger partial charge in [0.2, 0.25) is 0 Å². The van der Waals surface area contributed by atoms with Crippen LogP contribution in [0, 0.1) is 7.05 Å². The third-order valence-corrected chi connectivity index (χ3v) is 2.64. The molecule has 0 aliphatic heterocycles. The second-order valence-corrected chi connectivity index (χ2v) is 3.66. The Morgan fingerprint density at radius 3 is 2.94 bits per heavy atom. The standard InChI is InChI=1S/C12H13N2O2/c1-13-11(12(15)16)6-8-7-14-10-5-3-2-4-9(8)10/h2-5,7,11,13-14H,1,6H2,(H,15,16)/t11-/m0/s1. The molecule has 0 saturated heterocycles. The monoisotopic (exact) mass is 217 g/mol. The zero-order valence-corrected chi connectivity index (χ0v) is 8.73. The van der Waals surface area contributed by atoms with E-state index in [4.69, 9.17) is 5.11 Å². The van der Waals surface area contributed by atoms with E-state index in [1.807, 2.05) is 30.5 Å². The summed E-state index contributed by atoms with van der Waals surface area (Å²) < 4.78 is 0. The molecule has 1 aromatic carbocycles. The van der Waals surface area contributed by atoms with Gasteiger partial charge in [0.25, 0.3) is 0 Å². The van der Waals surface area contributed by atoms with Gasteiger partial charge in [0.1, 0.15) is 6.04 Å². The van der Waals surface area contributed by atoms with Crippen LogP contribution in [0.15, 0.2) is 30.5 Å². The lowest BCUT2D eigenvalue weighted by Crippen LogP contribution is -2.34. The molecule has 0 aliphatic carbocycles. The molecule has 1 radical (unpaired) electrons. The van der Waals surface area contributed by atoms with Gasteiger partial charge in [-0.25, -0.2) is 0 Å². The predicted octanol–water partition coefficient (Wildman–Crippen LogP) is 1.54. The summed E-state index contributed by atoms with van der Waals surface area (Å²) in [5.41, 5.74) is 2.00. The van der Waals surface area contributed by atoms with Gasteiger partial charge in [-0.1, -0.05) is 18.2 Å². The van der Waals surface area contributed by atoms with Crippen molar-refractivity contribution in [2.24, 2.45) is 0 Å². The molecule has 0 unspecified atom stereocenters. The fourth-order valence-corrected chi connectivity index (χ4v) is 1.77. The minimum Gasteiger partial charge on any atom is -0.480 e. The van der Waals surface area contributed by atoms with Crippen LogP contribution < -0.4 is 5.32 Å². The number of nitrogens with one attached hydrogen (secondary N) is 2. The third-order valence-electron chi connectivity index (χ3n) is 2.64. The molecule has 0 bridgehead atoms. The van der Waals surface area contributed by atoms with E-state index in [9.17, 15) is 4.79 Å². The maximum Gasteiger partial charge on any atom is 0.321 e. The Bertz CT molecular complexity index is 504. The first-order valence-corrected chi connectivity index (χ1v) is 5.03. The van der Waals surface area contributed by atoms with Crippen molar-refractivity contribution in [2.75, 3.05) is 0 Å². The van der Waals surface area contributed by atoms with Gasteiger partial charge in [-0.3, -0.25) is 4.79 Å². The zero-order chi connectivity index (χ0) is 11.5. The van der Waals surface area contributed by atoms with E-state index >= 15 is 0 Å². The molecule has 1 atom stereocenters. The topological polar surface area (TPSA) is 65.1 Å². The summed E-state index contributed by atoms with van der Waals surface area (Å²) in [4.78, 5) is 14.0. The number of aromatic amines is 1. The average molecular weight is 217 g/mol. The lowest BCUT2D eigenvalue weighted by molar-refractivity contribution is -0.139. The second kappa shape index (κ2) is 4.37. The van der Waals surface area contributed by atoms with E-state index < -0.39 is 12.0 Å². The summed E-state index contributed by atoms with van der Waals surface area (Å²) in [6.07, 6.45) is 2.26. The van der Waals surface area contributed by atoms with Gasteiger partial charge in [0.05, 0.1) is 0 Å². The van der Waals surface area contributed by atoms with Gasteiger partial charge in [-0.05, 0) is 11.6 Å². The van der Waals surface area contributed by atoms with Crippen molar-refractivity contribution in [3.05, 3.63) is 43.1 Å². The second-order valence-electron chi connectivity index (χ2n) is 3.66. The molecule has 4 nitrogen and oxygen atoms in total. The van der Waals surface area contributed by atoms with Crippen LogP contribution in [-0.2, 0) is 11.2 Å². The number of aliphatic carboxylic acids is 1. The van der Waals surface area contributed by atoms with E-state index in [2.05, 4.69) is 17.3 Å². The maximum atomic E-state index is 10.9. The fraction of sp³-hybridized carbons (Fsp3) is 0.167. The molecular weight excluding hydrogens is 204 g/mol. The molecule has 0 fully saturated rings. The lowest BCUT2D eigenvalue weighted by atomic mass is 10.1. The molecule has 16 heavy (non-hydrogen) atoms. The van der Waals surface area contributed by atoms with Crippen molar-refractivity contribution < 1.29 is 9.90 Å². The van der Waals surface area contributed by atoms with Crippen molar-refractivity contribution in [3.63, 3.8) is 0 Å². The molecule has 0 aliphatic rings. The highest BCUT2D eigenvalue weighted by Gasteiger charge is 2.17. The Morgan fingerprint density at radius 1 is 1.50 bits per heavy atom. The van der Waals surface area contributed by atoms with Gasteiger partial charge in [-0.2, -0.15) is 0 Å². The Balaban J connectivity index is 2.30. The number of carboxylic acids is 1. The molecule has 0 spiro atoms. The van der Waals surface area contributed by atoms with E-state index in [0.29, 0.717) is 6.42 Å². The highest BCUT2D eigenvalue weighted by Crippen LogP contribution is 2.18. The van der Waals surface area contributed by atoms with Gasteiger partial charge in [-0.15, -0.1) is 0 Å². The van der Waals surface area contributed by atoms with Crippen LogP contribution in [0.5, 0.6) is 0 Å². The first kappa shape index (κ1) is 10.7. The minimum atomic E-state index is -0.889. The molecule has 0 saturated carbocycles. The highest BCUT2D eigenvalue weighted by molar-refractivity contribution is 5.84. The fourth-order valence-electron chi connectivity index (χ4n) is 1.77. The van der Waals surface area contributed by atoms with Crippen LogP contribution in [0.2, 0.25) is 0 Å². The molecule has 83 valence electrons. The van der Waals surface area contributed by atoms with Crippen molar-refractivity contribution >= 4 is 16.9 Å². The Hall–Kier alpha value is -1.81. The van der Waals surface area contributed by atoms with E-state index in [1.54, 1.807) is 0 Å². The van der Waals surface area contributed by atoms with Gasteiger partial charge < -0.3 is 15.4 Å². The van der Waals surface area contributed by atoms with Crippen LogP contribution in [0.3, 0.4) is 0 Å². The molecule has 4 heteroatoms. The SMILES string of the molecule is [CH2]N[C@@H](Cc1c[nH]c2ccccc12)C(=O)O. The summed E-state index contributed by atoms with van der Waals surface area (Å²) in [7, 11) is 3.43. The van der Waals surface area contributed by atoms with E-state index in [-0.39, 0.29) is 0 Å². The van der Waals surface area contributed by atoms with Crippen molar-refractivity contribution in [1.29, 1.82) is 0 Å². The van der Waals surface area contributed by atoms with Crippen LogP contribution in [0.4, 0.5) is 0 Å². The quantitative estimate of drug-likeness (QED) is 0.728. The molecular formula is C12H13N2O2. The Morgan fingerprint density at radius 2 is 2.25 bits per heavy atom. The number of benzene rings is 1. The van der Waals surface area contributed by atoms with Gasteiger partial charge in [0, 0.05) is 30.6 Å². The van der Waals surface area contributed by atoms with Crippen molar-refractivity contribution in [3.8, 4) is 0 Å². The highest BCUT2D eigenvalue weighted by atomic mass is 16.4. The molecule has 2 rings (SSSR count).